The fourth-order valence-electron chi connectivity index (χ4n) is 3.95. The third kappa shape index (κ3) is 4.65. The Morgan fingerprint density at radius 2 is 2.09 bits per heavy atom. The SMILES string of the molecule is COc1cc(C(=O)N2CC(C)(C)OCC2(C)CO)cn2nc(NCc3cccc(C)c3)nc12. The lowest BCUT2D eigenvalue weighted by atomic mass is 9.94. The van der Waals surface area contributed by atoms with Crippen LogP contribution in [0.4, 0.5) is 5.95 Å². The molecule has 0 radical (unpaired) electrons. The molecule has 9 heteroatoms. The fraction of sp³-hybridized carbons (Fsp3) is 0.458. The van der Waals surface area contributed by atoms with Crippen LogP contribution < -0.4 is 10.1 Å². The van der Waals surface area contributed by atoms with E-state index in [-0.39, 0.29) is 19.1 Å². The zero-order valence-corrected chi connectivity index (χ0v) is 19.8. The quantitative estimate of drug-likeness (QED) is 0.592. The first-order valence-corrected chi connectivity index (χ1v) is 10.9. The molecule has 1 atom stereocenters. The molecular weight excluding hydrogens is 422 g/mol. The number of hydrogen-bond donors (Lipinski definition) is 2. The van der Waals surface area contributed by atoms with Gasteiger partial charge >= 0.3 is 0 Å². The van der Waals surface area contributed by atoms with Crippen molar-refractivity contribution in [3.8, 4) is 5.75 Å². The van der Waals surface area contributed by atoms with Crippen LogP contribution in [0.1, 0.15) is 42.3 Å². The van der Waals surface area contributed by atoms with E-state index in [1.807, 2.05) is 45.9 Å². The van der Waals surface area contributed by atoms with Gasteiger partial charge < -0.3 is 24.8 Å². The molecule has 1 saturated heterocycles. The summed E-state index contributed by atoms with van der Waals surface area (Å²) in [5, 5.41) is 17.7. The molecule has 1 aliphatic rings. The van der Waals surface area contributed by atoms with Gasteiger partial charge in [-0.1, -0.05) is 29.8 Å². The average molecular weight is 454 g/mol. The standard InChI is InChI=1S/C24H31N5O4/c1-16-7-6-8-17(9-16)11-25-22-26-20-19(32-5)10-18(12-29(20)27-22)21(31)28-13-23(2,3)33-15-24(28,4)14-30/h6-10,12,30H,11,13-15H2,1-5H3,(H,25,27). The Kier molecular flexibility index (Phi) is 6.02. The number of aryl methyl sites for hydroxylation is 1. The van der Waals surface area contributed by atoms with Gasteiger partial charge in [0.1, 0.15) is 0 Å². The first kappa shape index (κ1) is 23.0. The van der Waals surface area contributed by atoms with E-state index in [1.165, 1.54) is 12.7 Å². The Labute approximate surface area is 193 Å². The average Bonchev–Trinajstić information content (AvgIpc) is 3.21. The summed E-state index contributed by atoms with van der Waals surface area (Å²) in [6, 6.07) is 9.86. The summed E-state index contributed by atoms with van der Waals surface area (Å²) in [6.45, 7) is 8.69. The summed E-state index contributed by atoms with van der Waals surface area (Å²) in [7, 11) is 1.54. The number of morpholine rings is 1. The summed E-state index contributed by atoms with van der Waals surface area (Å²) >= 11 is 0. The number of aliphatic hydroxyl groups excluding tert-OH is 1. The summed E-state index contributed by atoms with van der Waals surface area (Å²) in [4.78, 5) is 19.8. The molecule has 9 nitrogen and oxygen atoms in total. The smallest absolute Gasteiger partial charge is 0.256 e. The highest BCUT2D eigenvalue weighted by molar-refractivity contribution is 5.95. The van der Waals surface area contributed by atoms with E-state index in [1.54, 1.807) is 21.7 Å². The molecular formula is C24H31N5O4. The molecule has 1 amide bonds. The number of rotatable bonds is 6. The number of anilines is 1. The molecule has 4 rings (SSSR count). The van der Waals surface area contributed by atoms with Crippen molar-refractivity contribution in [3.05, 3.63) is 53.2 Å². The lowest BCUT2D eigenvalue weighted by Crippen LogP contribution is -2.64. The molecule has 0 saturated carbocycles. The minimum Gasteiger partial charge on any atom is -0.493 e. The molecule has 1 unspecified atom stereocenters. The van der Waals surface area contributed by atoms with Gasteiger partial charge in [-0.15, -0.1) is 5.10 Å². The molecule has 176 valence electrons. The van der Waals surface area contributed by atoms with Gasteiger partial charge in [0.2, 0.25) is 5.95 Å². The van der Waals surface area contributed by atoms with E-state index < -0.39 is 11.1 Å². The van der Waals surface area contributed by atoms with E-state index in [0.717, 1.165) is 5.56 Å². The minimum absolute atomic E-state index is 0.204. The van der Waals surface area contributed by atoms with E-state index >= 15 is 0 Å². The van der Waals surface area contributed by atoms with Gasteiger partial charge in [-0.3, -0.25) is 4.79 Å². The molecule has 3 aromatic rings. The number of aromatic nitrogens is 3. The highest BCUT2D eigenvalue weighted by atomic mass is 16.5. The molecule has 1 fully saturated rings. The topological polar surface area (TPSA) is 101 Å². The number of carbonyl (C=O) groups excluding carboxylic acids is 1. The second-order valence-corrected chi connectivity index (χ2v) is 9.44. The van der Waals surface area contributed by atoms with Gasteiger partial charge in [0.25, 0.3) is 5.91 Å². The second kappa shape index (κ2) is 8.64. The monoisotopic (exact) mass is 453 g/mol. The number of amides is 1. The third-order valence-corrected chi connectivity index (χ3v) is 5.95. The maximum absolute atomic E-state index is 13.5. The van der Waals surface area contributed by atoms with Crippen LogP contribution in [0.3, 0.4) is 0 Å². The summed E-state index contributed by atoms with van der Waals surface area (Å²) in [5.74, 6) is 0.648. The van der Waals surface area contributed by atoms with Crippen LogP contribution in [-0.4, -0.2) is 68.5 Å². The molecule has 2 aromatic heterocycles. The second-order valence-electron chi connectivity index (χ2n) is 9.44. The molecule has 3 heterocycles. The Balaban J connectivity index is 1.63. The van der Waals surface area contributed by atoms with Crippen molar-refractivity contribution in [3.63, 3.8) is 0 Å². The number of carbonyl (C=O) groups is 1. The largest absolute Gasteiger partial charge is 0.493 e. The molecule has 1 aromatic carbocycles. The van der Waals surface area contributed by atoms with E-state index in [4.69, 9.17) is 9.47 Å². The molecule has 0 aliphatic carbocycles. The van der Waals surface area contributed by atoms with Crippen LogP contribution >= 0.6 is 0 Å². The zero-order valence-electron chi connectivity index (χ0n) is 19.8. The third-order valence-electron chi connectivity index (χ3n) is 5.95. The Bertz CT molecular complexity index is 1170. The van der Waals surface area contributed by atoms with E-state index in [2.05, 4.69) is 21.5 Å². The van der Waals surface area contributed by atoms with Crippen LogP contribution in [0.25, 0.3) is 5.65 Å². The number of methoxy groups -OCH3 is 1. The van der Waals surface area contributed by atoms with Crippen molar-refractivity contribution < 1.29 is 19.4 Å². The maximum atomic E-state index is 13.5. The molecule has 33 heavy (non-hydrogen) atoms. The first-order chi connectivity index (χ1) is 15.6. The first-order valence-electron chi connectivity index (χ1n) is 10.9. The number of pyridine rings is 1. The lowest BCUT2D eigenvalue weighted by molar-refractivity contribution is -0.144. The highest BCUT2D eigenvalue weighted by Gasteiger charge is 2.44. The summed E-state index contributed by atoms with van der Waals surface area (Å²) < 4.78 is 12.9. The van der Waals surface area contributed by atoms with Crippen molar-refractivity contribution in [2.24, 2.45) is 0 Å². The van der Waals surface area contributed by atoms with E-state index in [0.29, 0.717) is 36.0 Å². The van der Waals surface area contributed by atoms with Crippen LogP contribution in [0, 0.1) is 6.92 Å². The normalized spacial score (nSPS) is 20.1. The van der Waals surface area contributed by atoms with Crippen molar-refractivity contribution in [1.29, 1.82) is 0 Å². The Hall–Kier alpha value is -3.17. The summed E-state index contributed by atoms with van der Waals surface area (Å²) in [5.41, 5.74) is 1.87. The van der Waals surface area contributed by atoms with Gasteiger partial charge in [0.15, 0.2) is 11.4 Å². The Morgan fingerprint density at radius 1 is 1.30 bits per heavy atom. The predicted octanol–water partition coefficient (Wildman–Crippen LogP) is 2.66. The summed E-state index contributed by atoms with van der Waals surface area (Å²) in [6.07, 6.45) is 1.64. The molecule has 0 bridgehead atoms. The number of aliphatic hydroxyl groups is 1. The number of nitrogens with one attached hydrogen (secondary N) is 1. The molecule has 1 aliphatic heterocycles. The maximum Gasteiger partial charge on any atom is 0.256 e. The van der Waals surface area contributed by atoms with Crippen LogP contribution in [0.2, 0.25) is 0 Å². The van der Waals surface area contributed by atoms with Crippen molar-refractivity contribution in [1.82, 2.24) is 19.5 Å². The predicted molar refractivity (Wildman–Crippen MR) is 125 cm³/mol. The van der Waals surface area contributed by atoms with Gasteiger partial charge in [-0.05, 0) is 39.3 Å². The highest BCUT2D eigenvalue weighted by Crippen LogP contribution is 2.31. The lowest BCUT2D eigenvalue weighted by Gasteiger charge is -2.49. The molecule has 0 spiro atoms. The zero-order chi connectivity index (χ0) is 23.8. The number of fused-ring (bicyclic) bond motifs is 1. The van der Waals surface area contributed by atoms with Crippen LogP contribution in [-0.2, 0) is 11.3 Å². The number of nitrogens with zero attached hydrogens (tertiary/aromatic N) is 4. The van der Waals surface area contributed by atoms with E-state index in [9.17, 15) is 9.90 Å². The van der Waals surface area contributed by atoms with Gasteiger partial charge in [0.05, 0.1) is 43.6 Å². The van der Waals surface area contributed by atoms with Crippen molar-refractivity contribution in [2.45, 2.75) is 45.4 Å². The fourth-order valence-corrected chi connectivity index (χ4v) is 3.95. The number of hydrogen-bond acceptors (Lipinski definition) is 7. The molecule has 2 N–H and O–H groups in total. The minimum atomic E-state index is -0.822. The Morgan fingerprint density at radius 3 is 2.79 bits per heavy atom. The van der Waals surface area contributed by atoms with Crippen LogP contribution in [0.15, 0.2) is 36.5 Å². The van der Waals surface area contributed by atoms with Crippen molar-refractivity contribution in [2.75, 3.05) is 32.2 Å². The van der Waals surface area contributed by atoms with Crippen LogP contribution in [0.5, 0.6) is 5.75 Å². The number of ether oxygens (including phenoxy) is 2. The van der Waals surface area contributed by atoms with Gasteiger partial charge in [-0.25, -0.2) is 4.52 Å². The van der Waals surface area contributed by atoms with Gasteiger partial charge in [0, 0.05) is 12.7 Å². The number of benzene rings is 1. The van der Waals surface area contributed by atoms with Crippen molar-refractivity contribution >= 4 is 17.5 Å². The van der Waals surface area contributed by atoms with Gasteiger partial charge in [-0.2, -0.15) is 4.98 Å².